The molecule has 1 aromatic carbocycles. The highest BCUT2D eigenvalue weighted by Crippen LogP contribution is 2.24. The van der Waals surface area contributed by atoms with Crippen LogP contribution in [0.25, 0.3) is 10.9 Å². The molecule has 1 amide bonds. The van der Waals surface area contributed by atoms with Crippen molar-refractivity contribution in [1.82, 2.24) is 10.3 Å². The fourth-order valence-electron chi connectivity index (χ4n) is 2.47. The molecule has 1 fully saturated rings. The maximum absolute atomic E-state index is 12.1. The smallest absolute Gasteiger partial charge is 0.267 e. The van der Waals surface area contributed by atoms with Gasteiger partial charge in [-0.1, -0.05) is 24.6 Å². The molecule has 1 aliphatic heterocycles. The Labute approximate surface area is 117 Å². The second kappa shape index (κ2) is 5.70. The minimum atomic E-state index is 0.00220. The maximum Gasteiger partial charge on any atom is 0.267 e. The van der Waals surface area contributed by atoms with Crippen molar-refractivity contribution in [1.29, 1.82) is 0 Å². The van der Waals surface area contributed by atoms with Crippen LogP contribution in [0.5, 0.6) is 0 Å². The molecule has 1 saturated heterocycles. The summed E-state index contributed by atoms with van der Waals surface area (Å²) in [6.45, 7) is 0.777. The Bertz CT molecular complexity index is 539. The Balaban J connectivity index is 1.63. The van der Waals surface area contributed by atoms with Crippen LogP contribution in [0.2, 0.25) is 0 Å². The van der Waals surface area contributed by atoms with Gasteiger partial charge >= 0.3 is 0 Å². The van der Waals surface area contributed by atoms with Gasteiger partial charge in [0.25, 0.3) is 5.91 Å². The van der Waals surface area contributed by atoms with Crippen molar-refractivity contribution in [2.24, 2.45) is 0 Å². The van der Waals surface area contributed by atoms with Gasteiger partial charge in [0, 0.05) is 22.7 Å². The molecule has 0 saturated carbocycles. The van der Waals surface area contributed by atoms with Gasteiger partial charge in [0.15, 0.2) is 0 Å². The van der Waals surface area contributed by atoms with Crippen molar-refractivity contribution in [3.05, 3.63) is 36.0 Å². The van der Waals surface area contributed by atoms with Crippen LogP contribution in [-0.4, -0.2) is 28.4 Å². The molecule has 3 rings (SSSR count). The first kappa shape index (κ1) is 12.6. The van der Waals surface area contributed by atoms with E-state index in [2.05, 4.69) is 10.3 Å². The molecule has 2 N–H and O–H groups in total. The fourth-order valence-corrected chi connectivity index (χ4v) is 3.70. The SMILES string of the molecule is O=C(NCC1CCCCS1)c1cc2ccccc2[nH]1. The molecule has 1 aliphatic rings. The van der Waals surface area contributed by atoms with E-state index >= 15 is 0 Å². The summed E-state index contributed by atoms with van der Waals surface area (Å²) in [6.07, 6.45) is 3.83. The third-order valence-electron chi connectivity index (χ3n) is 3.54. The number of thioether (sulfide) groups is 1. The summed E-state index contributed by atoms with van der Waals surface area (Å²) in [5.74, 6) is 1.23. The van der Waals surface area contributed by atoms with E-state index in [0.29, 0.717) is 10.9 Å². The first-order chi connectivity index (χ1) is 9.33. The Hall–Kier alpha value is -1.42. The number of carbonyl (C=O) groups excluding carboxylic acids is 1. The zero-order chi connectivity index (χ0) is 13.1. The zero-order valence-corrected chi connectivity index (χ0v) is 11.6. The molecule has 19 heavy (non-hydrogen) atoms. The number of para-hydroxylation sites is 1. The van der Waals surface area contributed by atoms with Crippen LogP contribution in [0.4, 0.5) is 0 Å². The van der Waals surface area contributed by atoms with E-state index in [9.17, 15) is 4.79 Å². The van der Waals surface area contributed by atoms with Crippen molar-refractivity contribution in [2.45, 2.75) is 24.5 Å². The van der Waals surface area contributed by atoms with Gasteiger partial charge in [-0.2, -0.15) is 11.8 Å². The fraction of sp³-hybridized carbons (Fsp3) is 0.400. The lowest BCUT2D eigenvalue weighted by atomic mass is 10.2. The zero-order valence-electron chi connectivity index (χ0n) is 10.8. The standard InChI is InChI=1S/C15H18N2OS/c18-15(16-10-12-6-3-4-8-19-12)14-9-11-5-1-2-7-13(11)17-14/h1-2,5,7,9,12,17H,3-4,6,8,10H2,(H,16,18). The van der Waals surface area contributed by atoms with E-state index in [1.165, 1.54) is 25.0 Å². The summed E-state index contributed by atoms with van der Waals surface area (Å²) in [6, 6.07) is 9.87. The molecule has 1 atom stereocenters. The van der Waals surface area contributed by atoms with E-state index < -0.39 is 0 Å². The molecule has 2 heterocycles. The molecule has 1 aromatic heterocycles. The van der Waals surface area contributed by atoms with Gasteiger partial charge in [-0.25, -0.2) is 0 Å². The van der Waals surface area contributed by atoms with Gasteiger partial charge < -0.3 is 10.3 Å². The van der Waals surface area contributed by atoms with Crippen LogP contribution in [0.15, 0.2) is 30.3 Å². The molecular formula is C15H18N2OS. The van der Waals surface area contributed by atoms with Crippen LogP contribution in [0.1, 0.15) is 29.8 Å². The van der Waals surface area contributed by atoms with E-state index in [1.807, 2.05) is 42.1 Å². The summed E-state index contributed by atoms with van der Waals surface area (Å²) in [5.41, 5.74) is 1.67. The summed E-state index contributed by atoms with van der Waals surface area (Å²) >= 11 is 1.98. The monoisotopic (exact) mass is 274 g/mol. The normalized spacial score (nSPS) is 19.5. The number of benzene rings is 1. The first-order valence-electron chi connectivity index (χ1n) is 6.80. The summed E-state index contributed by atoms with van der Waals surface area (Å²) in [7, 11) is 0. The molecule has 0 bridgehead atoms. The predicted octanol–water partition coefficient (Wildman–Crippen LogP) is 3.18. The number of aromatic nitrogens is 1. The highest BCUT2D eigenvalue weighted by Gasteiger charge is 2.16. The van der Waals surface area contributed by atoms with E-state index in [0.717, 1.165) is 17.4 Å². The molecule has 100 valence electrons. The van der Waals surface area contributed by atoms with E-state index in [-0.39, 0.29) is 5.91 Å². The molecule has 2 aromatic rings. The Morgan fingerprint density at radius 1 is 1.37 bits per heavy atom. The van der Waals surface area contributed by atoms with Crippen LogP contribution >= 0.6 is 11.8 Å². The Morgan fingerprint density at radius 3 is 3.05 bits per heavy atom. The molecule has 0 radical (unpaired) electrons. The first-order valence-corrected chi connectivity index (χ1v) is 7.85. The van der Waals surface area contributed by atoms with Gasteiger partial charge in [0.05, 0.1) is 0 Å². The van der Waals surface area contributed by atoms with Crippen molar-refractivity contribution < 1.29 is 4.79 Å². The number of fused-ring (bicyclic) bond motifs is 1. The van der Waals surface area contributed by atoms with Crippen LogP contribution in [-0.2, 0) is 0 Å². The highest BCUT2D eigenvalue weighted by atomic mass is 32.2. The predicted molar refractivity (Wildman–Crippen MR) is 80.7 cm³/mol. The summed E-state index contributed by atoms with van der Waals surface area (Å²) in [4.78, 5) is 15.3. The number of carbonyl (C=O) groups is 1. The van der Waals surface area contributed by atoms with Gasteiger partial charge in [0.2, 0.25) is 0 Å². The number of aromatic amines is 1. The Kier molecular flexibility index (Phi) is 3.78. The van der Waals surface area contributed by atoms with Gasteiger partial charge in [-0.3, -0.25) is 4.79 Å². The van der Waals surface area contributed by atoms with Crippen molar-refractivity contribution >= 4 is 28.6 Å². The van der Waals surface area contributed by atoms with Gasteiger partial charge in [-0.15, -0.1) is 0 Å². The maximum atomic E-state index is 12.1. The average Bonchev–Trinajstić information content (AvgIpc) is 2.90. The van der Waals surface area contributed by atoms with Gasteiger partial charge in [0.1, 0.15) is 5.69 Å². The van der Waals surface area contributed by atoms with Crippen LogP contribution in [0, 0.1) is 0 Å². The third-order valence-corrected chi connectivity index (χ3v) is 4.94. The number of hydrogen-bond donors (Lipinski definition) is 2. The number of nitrogens with one attached hydrogen (secondary N) is 2. The lowest BCUT2D eigenvalue weighted by molar-refractivity contribution is 0.0949. The van der Waals surface area contributed by atoms with Crippen molar-refractivity contribution in [2.75, 3.05) is 12.3 Å². The molecule has 4 heteroatoms. The molecule has 0 aliphatic carbocycles. The largest absolute Gasteiger partial charge is 0.351 e. The Morgan fingerprint density at radius 2 is 2.26 bits per heavy atom. The lowest BCUT2D eigenvalue weighted by Crippen LogP contribution is -2.32. The molecule has 1 unspecified atom stereocenters. The number of rotatable bonds is 3. The van der Waals surface area contributed by atoms with E-state index in [1.54, 1.807) is 0 Å². The minimum Gasteiger partial charge on any atom is -0.351 e. The number of H-pyrrole nitrogens is 1. The summed E-state index contributed by atoms with van der Waals surface area (Å²) < 4.78 is 0. The van der Waals surface area contributed by atoms with Crippen LogP contribution in [0.3, 0.4) is 0 Å². The van der Waals surface area contributed by atoms with Gasteiger partial charge in [-0.05, 0) is 30.7 Å². The third kappa shape index (κ3) is 2.95. The minimum absolute atomic E-state index is 0.00220. The highest BCUT2D eigenvalue weighted by molar-refractivity contribution is 7.99. The summed E-state index contributed by atoms with van der Waals surface area (Å²) in [5, 5.41) is 4.71. The van der Waals surface area contributed by atoms with Crippen LogP contribution < -0.4 is 5.32 Å². The molecular weight excluding hydrogens is 256 g/mol. The molecule has 3 nitrogen and oxygen atoms in total. The van der Waals surface area contributed by atoms with E-state index in [4.69, 9.17) is 0 Å². The quantitative estimate of drug-likeness (QED) is 0.903. The topological polar surface area (TPSA) is 44.9 Å². The number of hydrogen-bond acceptors (Lipinski definition) is 2. The average molecular weight is 274 g/mol. The molecule has 0 spiro atoms. The second-order valence-corrected chi connectivity index (χ2v) is 6.38. The second-order valence-electron chi connectivity index (χ2n) is 4.97. The van der Waals surface area contributed by atoms with Crippen molar-refractivity contribution in [3.8, 4) is 0 Å². The number of amides is 1. The lowest BCUT2D eigenvalue weighted by Gasteiger charge is -2.21. The van der Waals surface area contributed by atoms with Crippen molar-refractivity contribution in [3.63, 3.8) is 0 Å².